The predicted octanol–water partition coefficient (Wildman–Crippen LogP) is 6.75. The number of H-pyrrole nitrogens is 1. The number of nitrogens with zero attached hydrogens (tertiary/aromatic N) is 2. The quantitative estimate of drug-likeness (QED) is 0.258. The molecule has 0 unspecified atom stereocenters. The first-order chi connectivity index (χ1) is 18.7. The van der Waals surface area contributed by atoms with Crippen molar-refractivity contribution in [3.05, 3.63) is 76.9 Å². The lowest BCUT2D eigenvalue weighted by Crippen LogP contribution is -2.55. The van der Waals surface area contributed by atoms with E-state index in [4.69, 9.17) is 4.98 Å². The van der Waals surface area contributed by atoms with E-state index in [1.54, 1.807) is 11.3 Å². The van der Waals surface area contributed by atoms with E-state index in [1.807, 2.05) is 57.0 Å². The summed E-state index contributed by atoms with van der Waals surface area (Å²) in [5, 5.41) is 8.56. The molecule has 5 rings (SSSR count). The van der Waals surface area contributed by atoms with Crippen LogP contribution in [0.4, 0.5) is 0 Å². The summed E-state index contributed by atoms with van der Waals surface area (Å²) in [6.45, 7) is 8.68. The zero-order valence-electron chi connectivity index (χ0n) is 23.2. The Kier molecular flexibility index (Phi) is 7.89. The average Bonchev–Trinajstić information content (AvgIpc) is 3.70. The van der Waals surface area contributed by atoms with Gasteiger partial charge < -0.3 is 15.2 Å². The fourth-order valence-electron chi connectivity index (χ4n) is 5.43. The number of aryl methyl sites for hydroxylation is 1. The fourth-order valence-corrected chi connectivity index (χ4v) is 6.39. The number of carbonyl (C=O) groups is 2. The van der Waals surface area contributed by atoms with Crippen LogP contribution >= 0.6 is 11.3 Å². The van der Waals surface area contributed by atoms with E-state index in [9.17, 15) is 9.59 Å². The molecule has 3 heterocycles. The molecular formula is C32H38N4O2S. The van der Waals surface area contributed by atoms with Gasteiger partial charge in [-0.3, -0.25) is 9.59 Å². The maximum Gasteiger partial charge on any atom is 0.246 e. The lowest BCUT2D eigenvalue weighted by Gasteiger charge is -2.36. The molecule has 1 fully saturated rings. The number of benzene rings is 2. The molecule has 2 aromatic carbocycles. The zero-order chi connectivity index (χ0) is 27.6. The SMILES string of the molecule is C[C@H](CCc1ccc[nH]1)C(=O)N[C@H](C(=O)N1CCC[C@H]1c1nc(-c2cccc3ccccc23)cs1)C(C)(C)C. The van der Waals surface area contributed by atoms with Crippen molar-refractivity contribution in [3.8, 4) is 11.3 Å². The van der Waals surface area contributed by atoms with Gasteiger partial charge in [-0.15, -0.1) is 11.3 Å². The molecule has 0 aliphatic carbocycles. The molecule has 0 spiro atoms. The molecular weight excluding hydrogens is 504 g/mol. The third-order valence-electron chi connectivity index (χ3n) is 7.76. The molecule has 7 heteroatoms. The van der Waals surface area contributed by atoms with Crippen LogP contribution in [0.1, 0.15) is 63.7 Å². The van der Waals surface area contributed by atoms with Crippen LogP contribution in [-0.2, 0) is 16.0 Å². The Morgan fingerprint density at radius 2 is 1.92 bits per heavy atom. The summed E-state index contributed by atoms with van der Waals surface area (Å²) < 4.78 is 0. The van der Waals surface area contributed by atoms with Crippen molar-refractivity contribution < 1.29 is 9.59 Å². The maximum atomic E-state index is 14.0. The molecule has 2 N–H and O–H groups in total. The predicted molar refractivity (Wildman–Crippen MR) is 158 cm³/mol. The van der Waals surface area contributed by atoms with Crippen molar-refractivity contribution >= 4 is 33.9 Å². The average molecular weight is 543 g/mol. The van der Waals surface area contributed by atoms with Crippen molar-refractivity contribution in [2.75, 3.05) is 6.54 Å². The van der Waals surface area contributed by atoms with E-state index in [0.29, 0.717) is 6.54 Å². The van der Waals surface area contributed by atoms with Gasteiger partial charge in [0.1, 0.15) is 11.0 Å². The van der Waals surface area contributed by atoms with Gasteiger partial charge in [-0.25, -0.2) is 4.98 Å². The molecule has 0 radical (unpaired) electrons. The van der Waals surface area contributed by atoms with Gasteiger partial charge in [-0.2, -0.15) is 0 Å². The smallest absolute Gasteiger partial charge is 0.246 e. The van der Waals surface area contributed by atoms with Gasteiger partial charge >= 0.3 is 0 Å². The van der Waals surface area contributed by atoms with E-state index < -0.39 is 11.5 Å². The second-order valence-electron chi connectivity index (χ2n) is 11.7. The molecule has 204 valence electrons. The van der Waals surface area contributed by atoms with Crippen LogP contribution in [0.5, 0.6) is 0 Å². The summed E-state index contributed by atoms with van der Waals surface area (Å²) in [4.78, 5) is 37.4. The summed E-state index contributed by atoms with van der Waals surface area (Å²) in [5.41, 5.74) is 2.75. The monoisotopic (exact) mass is 542 g/mol. The number of thiazole rings is 1. The number of hydrogen-bond acceptors (Lipinski definition) is 4. The normalized spacial score (nSPS) is 17.3. The zero-order valence-corrected chi connectivity index (χ0v) is 24.1. The number of carbonyl (C=O) groups excluding carboxylic acids is 2. The standard InChI is InChI=1S/C32H38N4O2S/c1-21(16-17-23-12-8-18-33-23)29(37)35-28(32(2,3)4)31(38)36-19-9-15-27(36)30-34-26(20-39-30)25-14-7-11-22-10-5-6-13-24(22)25/h5-8,10-14,18,20-21,27-28,33H,9,15-17,19H2,1-4H3,(H,35,37)/t21-,27+,28-/m1/s1. The van der Waals surface area contributed by atoms with E-state index in [0.717, 1.165) is 47.6 Å². The second-order valence-corrected chi connectivity index (χ2v) is 12.6. The van der Waals surface area contributed by atoms with Gasteiger partial charge in [0.25, 0.3) is 0 Å². The Labute approximate surface area is 234 Å². The Hall–Kier alpha value is -3.45. The molecule has 3 atom stereocenters. The van der Waals surface area contributed by atoms with E-state index in [2.05, 4.69) is 52.1 Å². The summed E-state index contributed by atoms with van der Waals surface area (Å²) in [7, 11) is 0. The number of aromatic nitrogens is 2. The molecule has 4 aromatic rings. The van der Waals surface area contributed by atoms with Crippen LogP contribution in [0.2, 0.25) is 0 Å². The summed E-state index contributed by atoms with van der Waals surface area (Å²) in [6, 6.07) is 18.0. The van der Waals surface area contributed by atoms with Gasteiger partial charge in [0.2, 0.25) is 11.8 Å². The molecule has 6 nitrogen and oxygen atoms in total. The van der Waals surface area contributed by atoms with Crippen LogP contribution < -0.4 is 5.32 Å². The number of hydrogen-bond donors (Lipinski definition) is 2. The van der Waals surface area contributed by atoms with Crippen LogP contribution in [0, 0.1) is 11.3 Å². The Balaban J connectivity index is 1.32. The largest absolute Gasteiger partial charge is 0.365 e. The first-order valence-corrected chi connectivity index (χ1v) is 14.8. The summed E-state index contributed by atoms with van der Waals surface area (Å²) in [6.07, 6.45) is 5.23. The number of amides is 2. The lowest BCUT2D eigenvalue weighted by molar-refractivity contribution is -0.141. The Morgan fingerprint density at radius 1 is 1.13 bits per heavy atom. The number of nitrogens with one attached hydrogen (secondary N) is 2. The number of fused-ring (bicyclic) bond motifs is 1. The van der Waals surface area contributed by atoms with Crippen LogP contribution in [-0.4, -0.2) is 39.3 Å². The highest BCUT2D eigenvalue weighted by Crippen LogP contribution is 2.38. The van der Waals surface area contributed by atoms with Crippen LogP contribution in [0.15, 0.2) is 66.2 Å². The molecule has 2 aromatic heterocycles. The van der Waals surface area contributed by atoms with Gasteiger partial charge in [-0.05, 0) is 54.0 Å². The first-order valence-electron chi connectivity index (χ1n) is 13.9. The van der Waals surface area contributed by atoms with E-state index in [-0.39, 0.29) is 23.8 Å². The molecule has 0 saturated carbocycles. The molecule has 1 aliphatic rings. The minimum absolute atomic E-state index is 0.0168. The minimum Gasteiger partial charge on any atom is -0.365 e. The van der Waals surface area contributed by atoms with Crippen molar-refractivity contribution in [3.63, 3.8) is 0 Å². The number of rotatable bonds is 8. The topological polar surface area (TPSA) is 78.1 Å². The number of likely N-dealkylation sites (tertiary alicyclic amines) is 1. The van der Waals surface area contributed by atoms with Gasteiger partial charge in [-0.1, -0.05) is 70.2 Å². The summed E-state index contributed by atoms with van der Waals surface area (Å²) in [5.74, 6) is -0.280. The van der Waals surface area contributed by atoms with Crippen LogP contribution in [0.3, 0.4) is 0 Å². The lowest BCUT2D eigenvalue weighted by atomic mass is 9.85. The Bertz CT molecular complexity index is 1430. The van der Waals surface area contributed by atoms with Crippen molar-refractivity contribution in [1.82, 2.24) is 20.2 Å². The van der Waals surface area contributed by atoms with E-state index >= 15 is 0 Å². The van der Waals surface area contributed by atoms with E-state index in [1.165, 1.54) is 10.8 Å². The maximum absolute atomic E-state index is 14.0. The van der Waals surface area contributed by atoms with Gasteiger partial charge in [0, 0.05) is 35.3 Å². The molecule has 1 saturated heterocycles. The molecule has 0 bridgehead atoms. The second kappa shape index (κ2) is 11.3. The highest BCUT2D eigenvalue weighted by atomic mass is 32.1. The van der Waals surface area contributed by atoms with Crippen molar-refractivity contribution in [2.45, 2.75) is 65.5 Å². The third-order valence-corrected chi connectivity index (χ3v) is 8.71. The minimum atomic E-state index is -0.601. The van der Waals surface area contributed by atoms with Crippen LogP contribution in [0.25, 0.3) is 22.0 Å². The highest BCUT2D eigenvalue weighted by Gasteiger charge is 2.41. The van der Waals surface area contributed by atoms with Crippen molar-refractivity contribution in [1.29, 1.82) is 0 Å². The first kappa shape index (κ1) is 27.1. The Morgan fingerprint density at radius 3 is 2.69 bits per heavy atom. The van der Waals surface area contributed by atoms with Crippen molar-refractivity contribution in [2.24, 2.45) is 11.3 Å². The van der Waals surface area contributed by atoms with Gasteiger partial charge in [0.15, 0.2) is 0 Å². The number of aromatic amines is 1. The molecule has 1 aliphatic heterocycles. The third kappa shape index (κ3) is 5.93. The summed E-state index contributed by atoms with van der Waals surface area (Å²) >= 11 is 1.62. The molecule has 2 amide bonds. The van der Waals surface area contributed by atoms with Gasteiger partial charge in [0.05, 0.1) is 11.7 Å². The highest BCUT2D eigenvalue weighted by molar-refractivity contribution is 7.10. The fraction of sp³-hybridized carbons (Fsp3) is 0.406. The molecule has 39 heavy (non-hydrogen) atoms.